The summed E-state index contributed by atoms with van der Waals surface area (Å²) >= 11 is 0. The second kappa shape index (κ2) is 4.45. The monoisotopic (exact) mass is 234 g/mol. The molecule has 0 aliphatic heterocycles. The summed E-state index contributed by atoms with van der Waals surface area (Å²) in [5.74, 6) is 0.357. The van der Waals surface area contributed by atoms with Crippen molar-refractivity contribution in [2.45, 2.75) is 25.7 Å². The molecule has 0 spiro atoms. The third-order valence-corrected chi connectivity index (χ3v) is 3.96. The van der Waals surface area contributed by atoms with Crippen LogP contribution in [0.1, 0.15) is 40.7 Å². The second-order valence-electron chi connectivity index (χ2n) is 4.98. The molecular weight excluding hydrogens is 216 g/mol. The highest BCUT2D eigenvalue weighted by Gasteiger charge is 2.22. The molecule has 2 aromatic rings. The molecule has 0 saturated heterocycles. The van der Waals surface area contributed by atoms with Crippen molar-refractivity contribution in [1.29, 1.82) is 0 Å². The zero-order valence-corrected chi connectivity index (χ0v) is 10.8. The zero-order chi connectivity index (χ0) is 12.5. The van der Waals surface area contributed by atoms with E-state index in [9.17, 15) is 0 Å². The van der Waals surface area contributed by atoms with Crippen LogP contribution in [0, 0.1) is 0 Å². The van der Waals surface area contributed by atoms with E-state index in [4.69, 9.17) is 0 Å². The van der Waals surface area contributed by atoms with E-state index >= 15 is 0 Å². The first-order valence-corrected chi connectivity index (χ1v) is 6.65. The fourth-order valence-electron chi connectivity index (χ4n) is 2.96. The van der Waals surface area contributed by atoms with E-state index in [1.165, 1.54) is 27.8 Å². The van der Waals surface area contributed by atoms with Crippen molar-refractivity contribution >= 4 is 0 Å². The SMILES string of the molecule is C=CC1c2ccccc2Cc2cc(CC)ccc21. The summed E-state index contributed by atoms with van der Waals surface area (Å²) in [6, 6.07) is 15.6. The first kappa shape index (κ1) is 11.3. The summed E-state index contributed by atoms with van der Waals surface area (Å²) in [6.07, 6.45) is 4.24. The summed E-state index contributed by atoms with van der Waals surface area (Å²) in [6.45, 7) is 6.24. The summed E-state index contributed by atoms with van der Waals surface area (Å²) in [4.78, 5) is 0. The summed E-state index contributed by atoms with van der Waals surface area (Å²) in [5, 5.41) is 0. The van der Waals surface area contributed by atoms with Crippen molar-refractivity contribution < 1.29 is 0 Å². The molecule has 1 unspecified atom stereocenters. The Morgan fingerprint density at radius 2 is 1.89 bits per heavy atom. The van der Waals surface area contributed by atoms with Crippen LogP contribution in [-0.4, -0.2) is 0 Å². The van der Waals surface area contributed by atoms with Crippen molar-refractivity contribution in [3.63, 3.8) is 0 Å². The predicted molar refractivity (Wildman–Crippen MR) is 77.1 cm³/mol. The molecule has 0 amide bonds. The van der Waals surface area contributed by atoms with E-state index in [0.717, 1.165) is 12.8 Å². The van der Waals surface area contributed by atoms with Crippen LogP contribution >= 0.6 is 0 Å². The van der Waals surface area contributed by atoms with Crippen LogP contribution in [0.4, 0.5) is 0 Å². The van der Waals surface area contributed by atoms with Gasteiger partial charge in [0.1, 0.15) is 0 Å². The third-order valence-electron chi connectivity index (χ3n) is 3.96. The predicted octanol–water partition coefficient (Wildman–Crippen LogP) is 4.47. The van der Waals surface area contributed by atoms with E-state index in [1.54, 1.807) is 0 Å². The lowest BCUT2D eigenvalue weighted by molar-refractivity contribution is 0.909. The second-order valence-corrected chi connectivity index (χ2v) is 4.98. The fraction of sp³-hybridized carbons (Fsp3) is 0.222. The van der Waals surface area contributed by atoms with Gasteiger partial charge in [-0.05, 0) is 40.7 Å². The Hall–Kier alpha value is -1.82. The molecule has 0 bridgehead atoms. The minimum absolute atomic E-state index is 0.357. The minimum atomic E-state index is 0.357. The van der Waals surface area contributed by atoms with Crippen molar-refractivity contribution in [2.24, 2.45) is 0 Å². The third kappa shape index (κ3) is 1.69. The van der Waals surface area contributed by atoms with Gasteiger partial charge in [0.2, 0.25) is 0 Å². The Labute approximate surface area is 109 Å². The van der Waals surface area contributed by atoms with Crippen LogP contribution < -0.4 is 0 Å². The van der Waals surface area contributed by atoms with E-state index in [0.29, 0.717) is 5.92 Å². The first-order valence-electron chi connectivity index (χ1n) is 6.65. The van der Waals surface area contributed by atoms with Crippen LogP contribution in [0.5, 0.6) is 0 Å². The lowest BCUT2D eigenvalue weighted by Gasteiger charge is -2.26. The highest BCUT2D eigenvalue weighted by Crippen LogP contribution is 2.37. The van der Waals surface area contributed by atoms with Gasteiger partial charge in [-0.25, -0.2) is 0 Å². The van der Waals surface area contributed by atoms with Crippen LogP contribution in [0.25, 0.3) is 0 Å². The van der Waals surface area contributed by atoms with E-state index < -0.39 is 0 Å². The molecule has 0 radical (unpaired) electrons. The molecule has 0 saturated carbocycles. The molecule has 18 heavy (non-hydrogen) atoms. The van der Waals surface area contributed by atoms with Gasteiger partial charge in [-0.15, -0.1) is 6.58 Å². The van der Waals surface area contributed by atoms with Gasteiger partial charge in [0.15, 0.2) is 0 Å². The molecule has 1 aliphatic rings. The molecule has 1 atom stereocenters. The lowest BCUT2D eigenvalue weighted by atomic mass is 9.77. The Kier molecular flexibility index (Phi) is 2.79. The van der Waals surface area contributed by atoms with Gasteiger partial charge in [-0.3, -0.25) is 0 Å². The molecular formula is C18H18. The molecule has 0 aromatic heterocycles. The Morgan fingerprint density at radius 3 is 2.67 bits per heavy atom. The van der Waals surface area contributed by atoms with Crippen molar-refractivity contribution in [2.75, 3.05) is 0 Å². The maximum Gasteiger partial charge on any atom is 0.0272 e. The number of hydrogen-bond acceptors (Lipinski definition) is 0. The van der Waals surface area contributed by atoms with Crippen molar-refractivity contribution in [3.05, 3.63) is 82.9 Å². The highest BCUT2D eigenvalue weighted by atomic mass is 14.3. The molecule has 0 heterocycles. The number of aryl methyl sites for hydroxylation is 1. The minimum Gasteiger partial charge on any atom is -0.102 e. The number of rotatable bonds is 2. The molecule has 0 N–H and O–H groups in total. The van der Waals surface area contributed by atoms with Crippen molar-refractivity contribution in [1.82, 2.24) is 0 Å². The average molecular weight is 234 g/mol. The average Bonchev–Trinajstić information content (AvgIpc) is 2.44. The fourth-order valence-corrected chi connectivity index (χ4v) is 2.96. The van der Waals surface area contributed by atoms with Gasteiger partial charge in [-0.2, -0.15) is 0 Å². The normalized spacial score (nSPS) is 16.8. The maximum atomic E-state index is 4.02. The highest BCUT2D eigenvalue weighted by molar-refractivity contribution is 5.52. The summed E-state index contributed by atoms with van der Waals surface area (Å²) in [7, 11) is 0. The van der Waals surface area contributed by atoms with Crippen molar-refractivity contribution in [3.8, 4) is 0 Å². The Balaban J connectivity index is 2.16. The van der Waals surface area contributed by atoms with Crippen LogP contribution in [0.15, 0.2) is 55.1 Å². The van der Waals surface area contributed by atoms with E-state index in [-0.39, 0.29) is 0 Å². The van der Waals surface area contributed by atoms with Gasteiger partial charge in [-0.1, -0.05) is 55.5 Å². The van der Waals surface area contributed by atoms with Gasteiger partial charge in [0, 0.05) is 5.92 Å². The summed E-state index contributed by atoms with van der Waals surface area (Å²) < 4.78 is 0. The van der Waals surface area contributed by atoms with Crippen LogP contribution in [0.3, 0.4) is 0 Å². The molecule has 0 heteroatoms. The van der Waals surface area contributed by atoms with E-state index in [1.807, 2.05) is 0 Å². The van der Waals surface area contributed by atoms with Gasteiger partial charge in [0.05, 0.1) is 0 Å². The molecule has 0 fully saturated rings. The Morgan fingerprint density at radius 1 is 1.11 bits per heavy atom. The molecule has 2 aromatic carbocycles. The quantitative estimate of drug-likeness (QED) is 0.672. The number of hydrogen-bond donors (Lipinski definition) is 0. The maximum absolute atomic E-state index is 4.02. The zero-order valence-electron chi connectivity index (χ0n) is 10.8. The van der Waals surface area contributed by atoms with Crippen LogP contribution in [0.2, 0.25) is 0 Å². The number of benzene rings is 2. The molecule has 3 rings (SSSR count). The molecule has 0 nitrogen and oxygen atoms in total. The van der Waals surface area contributed by atoms with Gasteiger partial charge < -0.3 is 0 Å². The number of allylic oxidation sites excluding steroid dienone is 1. The summed E-state index contributed by atoms with van der Waals surface area (Å²) in [5.41, 5.74) is 7.20. The first-order chi connectivity index (χ1) is 8.83. The molecule has 90 valence electrons. The lowest BCUT2D eigenvalue weighted by Crippen LogP contribution is -2.12. The smallest absolute Gasteiger partial charge is 0.0272 e. The van der Waals surface area contributed by atoms with Gasteiger partial charge >= 0.3 is 0 Å². The van der Waals surface area contributed by atoms with Crippen LogP contribution in [-0.2, 0) is 12.8 Å². The van der Waals surface area contributed by atoms with E-state index in [2.05, 4.69) is 62.0 Å². The number of fused-ring (bicyclic) bond motifs is 2. The standard InChI is InChI=1S/C18H18/c1-3-13-9-10-18-15(11-13)12-14-7-5-6-8-17(14)16(18)4-2/h4-11,16H,2-3,12H2,1H3. The largest absolute Gasteiger partial charge is 0.102 e. The van der Waals surface area contributed by atoms with Gasteiger partial charge in [0.25, 0.3) is 0 Å². The Bertz CT molecular complexity index is 593. The molecule has 1 aliphatic carbocycles. The topological polar surface area (TPSA) is 0 Å².